The minimum atomic E-state index is -0.549. The minimum Gasteiger partial charge on any atom is -0.486 e. The van der Waals surface area contributed by atoms with E-state index in [-0.39, 0.29) is 31.0 Å². The number of nitro benzene ring substituents is 1. The Balaban J connectivity index is 2.75. The van der Waals surface area contributed by atoms with E-state index < -0.39 is 10.9 Å². The maximum Gasteiger partial charge on any atom is 0.311 e. The number of benzene rings is 1. The zero-order chi connectivity index (χ0) is 13.5. The topological polar surface area (TPSA) is 105 Å². The Kier molecular flexibility index (Phi) is 5.06. The van der Waals surface area contributed by atoms with Crippen LogP contribution in [0.3, 0.4) is 0 Å². The fourth-order valence-corrected chi connectivity index (χ4v) is 1.30. The maximum absolute atomic E-state index is 10.9. The molecule has 0 atom stereocenters. The smallest absolute Gasteiger partial charge is 0.311 e. The van der Waals surface area contributed by atoms with Crippen LogP contribution in [0.25, 0.3) is 0 Å². The number of hydrogen-bond acceptors (Lipinski definition) is 6. The van der Waals surface area contributed by atoms with Crippen molar-refractivity contribution in [1.29, 1.82) is 0 Å². The Bertz CT molecular complexity index is 447. The van der Waals surface area contributed by atoms with Gasteiger partial charge in [-0.15, -0.1) is 0 Å². The number of nitro groups is 1. The lowest BCUT2D eigenvalue weighted by Crippen LogP contribution is -2.08. The average Bonchev–Trinajstić information content (AvgIpc) is 2.38. The van der Waals surface area contributed by atoms with Gasteiger partial charge in [-0.1, -0.05) is 6.07 Å². The van der Waals surface area contributed by atoms with Crippen molar-refractivity contribution in [3.63, 3.8) is 0 Å². The Morgan fingerprint density at radius 1 is 1.50 bits per heavy atom. The molecular weight excluding hydrogens is 240 g/mol. The maximum atomic E-state index is 10.9. The summed E-state index contributed by atoms with van der Waals surface area (Å²) in [5, 5.41) is 10.8. The van der Waals surface area contributed by atoms with Crippen LogP contribution in [0.1, 0.15) is 12.0 Å². The highest BCUT2D eigenvalue weighted by molar-refractivity contribution is 5.69. The molecule has 0 heterocycles. The van der Waals surface area contributed by atoms with Crippen LogP contribution < -0.4 is 10.5 Å². The molecule has 0 unspecified atom stereocenters. The van der Waals surface area contributed by atoms with E-state index in [1.54, 1.807) is 6.07 Å². The van der Waals surface area contributed by atoms with E-state index in [0.29, 0.717) is 5.56 Å². The Morgan fingerprint density at radius 3 is 2.78 bits per heavy atom. The van der Waals surface area contributed by atoms with Crippen molar-refractivity contribution in [2.24, 2.45) is 5.73 Å². The Labute approximate surface area is 104 Å². The summed E-state index contributed by atoms with van der Waals surface area (Å²) in [6.07, 6.45) is 0.0340. The van der Waals surface area contributed by atoms with E-state index in [2.05, 4.69) is 4.74 Å². The number of carbonyl (C=O) groups is 1. The molecule has 0 aliphatic heterocycles. The first-order valence-corrected chi connectivity index (χ1v) is 5.25. The molecule has 7 heteroatoms. The van der Waals surface area contributed by atoms with E-state index in [0.717, 1.165) is 0 Å². The molecule has 0 amide bonds. The zero-order valence-electron chi connectivity index (χ0n) is 9.92. The van der Waals surface area contributed by atoms with Crippen molar-refractivity contribution in [2.75, 3.05) is 13.7 Å². The average molecular weight is 254 g/mol. The summed E-state index contributed by atoms with van der Waals surface area (Å²) >= 11 is 0. The lowest BCUT2D eigenvalue weighted by molar-refractivity contribution is -0.385. The van der Waals surface area contributed by atoms with Crippen LogP contribution >= 0.6 is 0 Å². The Morgan fingerprint density at radius 2 is 2.22 bits per heavy atom. The zero-order valence-corrected chi connectivity index (χ0v) is 9.92. The predicted molar refractivity (Wildman–Crippen MR) is 63.1 cm³/mol. The van der Waals surface area contributed by atoms with Gasteiger partial charge in [0.05, 0.1) is 25.1 Å². The molecule has 1 aromatic carbocycles. The highest BCUT2D eigenvalue weighted by atomic mass is 16.6. The molecule has 98 valence electrons. The molecule has 18 heavy (non-hydrogen) atoms. The molecule has 7 nitrogen and oxygen atoms in total. The second kappa shape index (κ2) is 6.55. The van der Waals surface area contributed by atoms with Crippen LogP contribution in [-0.2, 0) is 16.1 Å². The molecule has 0 radical (unpaired) electrons. The van der Waals surface area contributed by atoms with Gasteiger partial charge >= 0.3 is 11.7 Å². The minimum absolute atomic E-state index is 0.0233. The number of nitrogens with zero attached hydrogens (tertiary/aromatic N) is 1. The van der Waals surface area contributed by atoms with Gasteiger partial charge in [0.15, 0.2) is 5.75 Å². The number of esters is 1. The van der Waals surface area contributed by atoms with Gasteiger partial charge in [-0.3, -0.25) is 14.9 Å². The van der Waals surface area contributed by atoms with Gasteiger partial charge < -0.3 is 15.2 Å². The quantitative estimate of drug-likeness (QED) is 0.461. The van der Waals surface area contributed by atoms with Crippen molar-refractivity contribution in [3.8, 4) is 5.75 Å². The van der Waals surface area contributed by atoms with E-state index >= 15 is 0 Å². The van der Waals surface area contributed by atoms with Gasteiger partial charge in [0.25, 0.3) is 0 Å². The third-order valence-corrected chi connectivity index (χ3v) is 2.25. The van der Waals surface area contributed by atoms with Crippen LogP contribution in [0.2, 0.25) is 0 Å². The van der Waals surface area contributed by atoms with Crippen molar-refractivity contribution in [1.82, 2.24) is 0 Å². The predicted octanol–water partition coefficient (Wildman–Crippen LogP) is 0.995. The number of methoxy groups -OCH3 is 1. The lowest BCUT2D eigenvalue weighted by Gasteiger charge is -2.07. The van der Waals surface area contributed by atoms with Gasteiger partial charge in [-0.25, -0.2) is 0 Å². The normalized spacial score (nSPS) is 9.89. The molecular formula is C11H14N2O5. The standard InChI is InChI=1S/C11H14N2O5/c1-17-11(14)4-5-18-10-3-2-8(7-12)6-9(10)13(15)16/h2-3,6H,4-5,7,12H2,1H3. The molecule has 0 bridgehead atoms. The molecule has 0 aliphatic rings. The second-order valence-electron chi connectivity index (χ2n) is 3.44. The summed E-state index contributed by atoms with van der Waals surface area (Å²) in [6, 6.07) is 4.46. The number of hydrogen-bond donors (Lipinski definition) is 1. The summed E-state index contributed by atoms with van der Waals surface area (Å²) in [6.45, 7) is 0.235. The fourth-order valence-electron chi connectivity index (χ4n) is 1.30. The number of ether oxygens (including phenoxy) is 2. The van der Waals surface area contributed by atoms with Gasteiger partial charge in [-0.2, -0.15) is 0 Å². The first-order chi connectivity index (χ1) is 8.58. The van der Waals surface area contributed by atoms with Crippen LogP contribution in [0, 0.1) is 10.1 Å². The van der Waals surface area contributed by atoms with Crippen LogP contribution in [0.5, 0.6) is 5.75 Å². The number of nitrogens with two attached hydrogens (primary N) is 1. The van der Waals surface area contributed by atoms with Crippen LogP contribution in [0.4, 0.5) is 5.69 Å². The largest absolute Gasteiger partial charge is 0.486 e. The van der Waals surface area contributed by atoms with E-state index in [1.807, 2.05) is 0 Å². The highest BCUT2D eigenvalue weighted by Gasteiger charge is 2.16. The first-order valence-electron chi connectivity index (χ1n) is 5.25. The van der Waals surface area contributed by atoms with Crippen LogP contribution in [0.15, 0.2) is 18.2 Å². The summed E-state index contributed by atoms with van der Waals surface area (Å²) < 4.78 is 9.62. The van der Waals surface area contributed by atoms with Crippen molar-refractivity contribution in [3.05, 3.63) is 33.9 Å². The van der Waals surface area contributed by atoms with Crippen molar-refractivity contribution >= 4 is 11.7 Å². The van der Waals surface area contributed by atoms with E-state index in [9.17, 15) is 14.9 Å². The summed E-state index contributed by atoms with van der Waals surface area (Å²) in [4.78, 5) is 21.2. The molecule has 0 aliphatic carbocycles. The van der Waals surface area contributed by atoms with Crippen molar-refractivity contribution < 1.29 is 19.2 Å². The molecule has 0 spiro atoms. The molecule has 0 saturated heterocycles. The number of carbonyl (C=O) groups excluding carboxylic acids is 1. The van der Waals surface area contributed by atoms with E-state index in [4.69, 9.17) is 10.5 Å². The van der Waals surface area contributed by atoms with Crippen LogP contribution in [-0.4, -0.2) is 24.6 Å². The van der Waals surface area contributed by atoms with Gasteiger partial charge in [0.2, 0.25) is 0 Å². The van der Waals surface area contributed by atoms with Gasteiger partial charge in [0.1, 0.15) is 0 Å². The molecule has 1 rings (SSSR count). The first kappa shape index (κ1) is 13.9. The lowest BCUT2D eigenvalue weighted by atomic mass is 10.2. The third kappa shape index (κ3) is 3.70. The van der Waals surface area contributed by atoms with Gasteiger partial charge in [0, 0.05) is 12.6 Å². The summed E-state index contributed by atoms with van der Waals surface area (Å²) in [5.41, 5.74) is 5.88. The van der Waals surface area contributed by atoms with Gasteiger partial charge in [-0.05, 0) is 11.6 Å². The SMILES string of the molecule is COC(=O)CCOc1ccc(CN)cc1[N+](=O)[O-]. The fraction of sp³-hybridized carbons (Fsp3) is 0.364. The second-order valence-corrected chi connectivity index (χ2v) is 3.44. The van der Waals surface area contributed by atoms with Crippen molar-refractivity contribution in [2.45, 2.75) is 13.0 Å². The summed E-state index contributed by atoms with van der Waals surface area (Å²) in [5.74, 6) is -0.322. The summed E-state index contributed by atoms with van der Waals surface area (Å²) in [7, 11) is 1.26. The Hall–Kier alpha value is -2.15. The molecule has 0 fully saturated rings. The van der Waals surface area contributed by atoms with E-state index in [1.165, 1.54) is 19.2 Å². The highest BCUT2D eigenvalue weighted by Crippen LogP contribution is 2.27. The number of rotatable bonds is 6. The molecule has 2 N–H and O–H groups in total. The monoisotopic (exact) mass is 254 g/mol. The molecule has 0 aromatic heterocycles. The molecule has 1 aromatic rings. The third-order valence-electron chi connectivity index (χ3n) is 2.25. The molecule has 0 saturated carbocycles.